The highest BCUT2D eigenvalue weighted by molar-refractivity contribution is 6.28. The Balaban J connectivity index is 1.53. The first-order chi connectivity index (χ1) is 17.6. The number of nitrogens with zero attached hydrogens (tertiary/aromatic N) is 4. The first-order valence-electron chi connectivity index (χ1n) is 11.7. The molecule has 0 aliphatic rings. The van der Waals surface area contributed by atoms with Crippen LogP contribution in [0.25, 0.3) is 5.69 Å². The van der Waals surface area contributed by atoms with Crippen molar-refractivity contribution in [3.63, 3.8) is 0 Å². The molecule has 2 heterocycles. The van der Waals surface area contributed by atoms with Crippen molar-refractivity contribution in [1.29, 1.82) is 0 Å². The zero-order valence-corrected chi connectivity index (χ0v) is 22.1. The SMILES string of the molecule is COc1cc(-n2nc(C(C)(C)C)cc2NC(=O)NCc2ccccc2Oc2ccnc(Cl)n2)ccc1C. The van der Waals surface area contributed by atoms with E-state index in [0.29, 0.717) is 17.4 Å². The Hall–Kier alpha value is -4.11. The van der Waals surface area contributed by atoms with Gasteiger partial charge in [0.05, 0.1) is 18.5 Å². The highest BCUT2D eigenvalue weighted by Crippen LogP contribution is 2.29. The number of carbonyl (C=O) groups is 1. The molecular formula is C27H29ClN6O3. The number of halogens is 1. The zero-order chi connectivity index (χ0) is 26.6. The predicted molar refractivity (Wildman–Crippen MR) is 143 cm³/mol. The number of hydrogen-bond donors (Lipinski definition) is 2. The lowest BCUT2D eigenvalue weighted by molar-refractivity contribution is 0.251. The average Bonchev–Trinajstić information content (AvgIpc) is 3.28. The minimum absolute atomic E-state index is 0.0879. The molecule has 0 fully saturated rings. The molecule has 4 rings (SSSR count). The average molecular weight is 521 g/mol. The van der Waals surface area contributed by atoms with E-state index in [4.69, 9.17) is 26.2 Å². The first kappa shape index (κ1) is 26.0. The van der Waals surface area contributed by atoms with Gasteiger partial charge in [0.15, 0.2) is 0 Å². The van der Waals surface area contributed by atoms with Crippen molar-refractivity contribution in [2.75, 3.05) is 12.4 Å². The van der Waals surface area contributed by atoms with Crippen molar-refractivity contribution in [3.05, 3.63) is 82.9 Å². The third kappa shape index (κ3) is 6.37. The van der Waals surface area contributed by atoms with E-state index in [1.165, 1.54) is 6.20 Å². The number of urea groups is 1. The van der Waals surface area contributed by atoms with Gasteiger partial charge in [-0.15, -0.1) is 0 Å². The maximum absolute atomic E-state index is 13.0. The second kappa shape index (κ2) is 10.9. The van der Waals surface area contributed by atoms with Crippen molar-refractivity contribution in [1.82, 2.24) is 25.1 Å². The molecule has 10 heteroatoms. The topological polar surface area (TPSA) is 103 Å². The monoisotopic (exact) mass is 520 g/mol. The summed E-state index contributed by atoms with van der Waals surface area (Å²) in [6.45, 7) is 8.41. The minimum atomic E-state index is -0.388. The number of para-hydroxylation sites is 1. The molecule has 0 saturated heterocycles. The van der Waals surface area contributed by atoms with E-state index >= 15 is 0 Å². The normalized spacial score (nSPS) is 11.2. The molecule has 0 saturated carbocycles. The Morgan fingerprint density at radius 3 is 2.59 bits per heavy atom. The molecule has 2 aromatic carbocycles. The third-order valence-electron chi connectivity index (χ3n) is 5.58. The van der Waals surface area contributed by atoms with Crippen LogP contribution in [0.5, 0.6) is 17.4 Å². The zero-order valence-electron chi connectivity index (χ0n) is 21.4. The van der Waals surface area contributed by atoms with E-state index in [1.54, 1.807) is 23.9 Å². The van der Waals surface area contributed by atoms with Crippen LogP contribution in [0.2, 0.25) is 5.28 Å². The molecule has 2 aromatic heterocycles. The van der Waals surface area contributed by atoms with Crippen LogP contribution in [0.1, 0.15) is 37.6 Å². The van der Waals surface area contributed by atoms with Crippen LogP contribution in [0.15, 0.2) is 60.8 Å². The largest absolute Gasteiger partial charge is 0.496 e. The molecular weight excluding hydrogens is 492 g/mol. The molecule has 0 radical (unpaired) electrons. The Kier molecular flexibility index (Phi) is 7.63. The fourth-order valence-corrected chi connectivity index (χ4v) is 3.69. The summed E-state index contributed by atoms with van der Waals surface area (Å²) in [5, 5.41) is 10.7. The molecule has 0 spiro atoms. The molecule has 4 aromatic rings. The van der Waals surface area contributed by atoms with Gasteiger partial charge in [0.25, 0.3) is 0 Å². The molecule has 2 N–H and O–H groups in total. The molecule has 0 aliphatic heterocycles. The van der Waals surface area contributed by atoms with Crippen molar-refractivity contribution in [3.8, 4) is 23.1 Å². The van der Waals surface area contributed by atoms with Gasteiger partial charge >= 0.3 is 6.03 Å². The highest BCUT2D eigenvalue weighted by Gasteiger charge is 2.22. The summed E-state index contributed by atoms with van der Waals surface area (Å²) >= 11 is 5.86. The summed E-state index contributed by atoms with van der Waals surface area (Å²) in [5.41, 5.74) is 3.17. The highest BCUT2D eigenvalue weighted by atomic mass is 35.5. The van der Waals surface area contributed by atoms with Gasteiger partial charge in [0.2, 0.25) is 11.2 Å². The van der Waals surface area contributed by atoms with E-state index in [2.05, 4.69) is 41.4 Å². The number of anilines is 1. The summed E-state index contributed by atoms with van der Waals surface area (Å²) in [7, 11) is 1.63. The number of aryl methyl sites for hydroxylation is 1. The second-order valence-corrected chi connectivity index (χ2v) is 9.75. The summed E-state index contributed by atoms with van der Waals surface area (Å²) in [5.74, 6) is 2.13. The third-order valence-corrected chi connectivity index (χ3v) is 5.76. The number of benzene rings is 2. The second-order valence-electron chi connectivity index (χ2n) is 9.41. The van der Waals surface area contributed by atoms with Gasteiger partial charge in [-0.1, -0.05) is 45.0 Å². The summed E-state index contributed by atoms with van der Waals surface area (Å²) in [6.07, 6.45) is 1.51. The number of amides is 2. The Labute approximate surface area is 220 Å². The molecule has 192 valence electrons. The summed E-state index contributed by atoms with van der Waals surface area (Å²) in [6, 6.07) is 16.2. The number of rotatable bonds is 7. The number of methoxy groups -OCH3 is 1. The van der Waals surface area contributed by atoms with Gasteiger partial charge in [-0.25, -0.2) is 14.5 Å². The van der Waals surface area contributed by atoms with Crippen LogP contribution in [0.4, 0.5) is 10.6 Å². The van der Waals surface area contributed by atoms with Crippen LogP contribution in [0, 0.1) is 6.92 Å². The molecule has 37 heavy (non-hydrogen) atoms. The number of carbonyl (C=O) groups excluding carboxylic acids is 1. The molecule has 9 nitrogen and oxygen atoms in total. The van der Waals surface area contributed by atoms with Crippen LogP contribution >= 0.6 is 11.6 Å². The van der Waals surface area contributed by atoms with Gasteiger partial charge < -0.3 is 14.8 Å². The number of nitrogens with one attached hydrogen (secondary N) is 2. The van der Waals surface area contributed by atoms with E-state index in [0.717, 1.165) is 28.3 Å². The lowest BCUT2D eigenvalue weighted by Gasteiger charge is -2.14. The number of aromatic nitrogens is 4. The van der Waals surface area contributed by atoms with E-state index in [9.17, 15) is 4.79 Å². The summed E-state index contributed by atoms with van der Waals surface area (Å²) < 4.78 is 13.0. The Morgan fingerprint density at radius 2 is 1.86 bits per heavy atom. The van der Waals surface area contributed by atoms with Crippen molar-refractivity contribution >= 4 is 23.4 Å². The standard InChI is InChI=1S/C27H29ClN6O3/c1-17-10-11-19(14-21(17)36-5)34-23(15-22(33-34)27(2,3)4)31-26(35)30-16-18-8-6-7-9-20(18)37-24-12-13-29-25(28)32-24/h6-15H,16H2,1-5H3,(H2,30,31,35). The smallest absolute Gasteiger partial charge is 0.320 e. The number of hydrogen-bond acceptors (Lipinski definition) is 6. The van der Waals surface area contributed by atoms with Gasteiger partial charge in [0.1, 0.15) is 17.3 Å². The lowest BCUT2D eigenvalue weighted by atomic mass is 9.92. The van der Waals surface area contributed by atoms with E-state index < -0.39 is 0 Å². The lowest BCUT2D eigenvalue weighted by Crippen LogP contribution is -2.29. The van der Waals surface area contributed by atoms with Gasteiger partial charge in [-0.05, 0) is 36.2 Å². The van der Waals surface area contributed by atoms with Crippen molar-refractivity contribution in [2.24, 2.45) is 0 Å². The minimum Gasteiger partial charge on any atom is -0.496 e. The van der Waals surface area contributed by atoms with Crippen molar-refractivity contribution in [2.45, 2.75) is 39.7 Å². The Morgan fingerprint density at radius 1 is 1.08 bits per heavy atom. The first-order valence-corrected chi connectivity index (χ1v) is 12.1. The van der Waals surface area contributed by atoms with Crippen LogP contribution < -0.4 is 20.1 Å². The van der Waals surface area contributed by atoms with E-state index in [-0.39, 0.29) is 23.3 Å². The quantitative estimate of drug-likeness (QED) is 0.288. The fourth-order valence-electron chi connectivity index (χ4n) is 3.55. The fraction of sp³-hybridized carbons (Fsp3) is 0.259. The maximum Gasteiger partial charge on any atom is 0.320 e. The molecule has 2 amide bonds. The van der Waals surface area contributed by atoms with Crippen molar-refractivity contribution < 1.29 is 14.3 Å². The van der Waals surface area contributed by atoms with Gasteiger partial charge in [-0.2, -0.15) is 10.1 Å². The van der Waals surface area contributed by atoms with E-state index in [1.807, 2.05) is 49.4 Å². The Bertz CT molecular complexity index is 1410. The number of ether oxygens (including phenoxy) is 2. The molecule has 0 aliphatic carbocycles. The van der Waals surface area contributed by atoms with Crippen LogP contribution in [-0.2, 0) is 12.0 Å². The van der Waals surface area contributed by atoms with Crippen LogP contribution in [-0.4, -0.2) is 32.9 Å². The summed E-state index contributed by atoms with van der Waals surface area (Å²) in [4.78, 5) is 20.9. The predicted octanol–water partition coefficient (Wildman–Crippen LogP) is 6.04. The molecule has 0 unspecified atom stereocenters. The van der Waals surface area contributed by atoms with Gasteiger partial charge in [-0.3, -0.25) is 5.32 Å². The molecule has 0 bridgehead atoms. The molecule has 0 atom stereocenters. The van der Waals surface area contributed by atoms with Gasteiger partial charge in [0, 0.05) is 41.9 Å². The maximum atomic E-state index is 13.0. The van der Waals surface area contributed by atoms with Crippen LogP contribution in [0.3, 0.4) is 0 Å².